The third-order valence-corrected chi connectivity index (χ3v) is 11.7. The molecule has 3 aliphatic heterocycles. The zero-order chi connectivity index (χ0) is 43.9. The van der Waals surface area contributed by atoms with Crippen LogP contribution in [0.15, 0.2) is 24.3 Å². The zero-order valence-electron chi connectivity index (χ0n) is 36.0. The fraction of sp³-hybridized carbons (Fsp3) is 0.650. The fourth-order valence-corrected chi connectivity index (χ4v) is 7.29. The molecule has 14 nitrogen and oxygen atoms in total. The number of methoxy groups -OCH3 is 1. The molecule has 6 N–H and O–H groups in total. The van der Waals surface area contributed by atoms with Gasteiger partial charge in [-0.15, -0.1) is 0 Å². The number of nitrogens with one attached hydrogen (secondary N) is 2. The van der Waals surface area contributed by atoms with Crippen molar-refractivity contribution in [2.24, 2.45) is 11.6 Å². The number of ketones is 1. The monoisotopic (exact) mass is 896 g/mol. The zero-order valence-corrected chi connectivity index (χ0v) is 39.0. The topological polar surface area (TPSA) is 160 Å². The van der Waals surface area contributed by atoms with Gasteiger partial charge in [-0.1, -0.05) is 64.6 Å². The van der Waals surface area contributed by atoms with Gasteiger partial charge >= 0.3 is 6.03 Å². The third kappa shape index (κ3) is 19.1. The highest BCUT2D eigenvalue weighted by Crippen LogP contribution is 2.37. The fourth-order valence-electron chi connectivity index (χ4n) is 6.17. The molecule has 0 radical (unpaired) electrons. The summed E-state index contributed by atoms with van der Waals surface area (Å²) in [6.45, 7) is 11.8. The number of benzene rings is 2. The Hall–Kier alpha value is -2.02. The number of amides is 2. The minimum atomic E-state index is -0.327. The second-order valence-corrected chi connectivity index (χ2v) is 16.1. The van der Waals surface area contributed by atoms with E-state index in [0.717, 1.165) is 68.6 Å². The maximum absolute atomic E-state index is 12.6. The van der Waals surface area contributed by atoms with Crippen LogP contribution in [0.5, 0.6) is 5.75 Å². The Balaban J connectivity index is 0.000000421. The molecule has 0 saturated carbocycles. The van der Waals surface area contributed by atoms with Gasteiger partial charge in [-0.2, -0.15) is 5.48 Å². The van der Waals surface area contributed by atoms with E-state index in [2.05, 4.69) is 50.3 Å². The molecule has 0 aliphatic carbocycles. The lowest BCUT2D eigenvalue weighted by Gasteiger charge is -2.35. The molecule has 18 heteroatoms. The summed E-state index contributed by atoms with van der Waals surface area (Å²) in [4.78, 5) is 43.9. The van der Waals surface area contributed by atoms with Crippen LogP contribution < -0.4 is 27.2 Å². The van der Waals surface area contributed by atoms with Gasteiger partial charge in [0.1, 0.15) is 16.6 Å². The number of carbonyl (C=O) groups excluding carboxylic acids is 2. The number of piperidine rings is 3. The Morgan fingerprint density at radius 1 is 0.776 bits per heavy atom. The number of rotatable bonds is 8. The number of hydrogen-bond acceptors (Lipinski definition) is 12. The van der Waals surface area contributed by atoms with Crippen LogP contribution in [0.25, 0.3) is 0 Å². The van der Waals surface area contributed by atoms with E-state index in [0.29, 0.717) is 37.7 Å². The van der Waals surface area contributed by atoms with E-state index in [4.69, 9.17) is 66.5 Å². The summed E-state index contributed by atoms with van der Waals surface area (Å²) in [6.07, 6.45) is 5.67. The van der Waals surface area contributed by atoms with Crippen molar-refractivity contribution in [2.75, 3.05) is 88.9 Å². The summed E-state index contributed by atoms with van der Waals surface area (Å²) in [7, 11) is 12.4. The molecule has 332 valence electrons. The molecule has 2 unspecified atom stereocenters. The Kier molecular flexibility index (Phi) is 27.3. The number of halogens is 4. The average molecular weight is 899 g/mol. The van der Waals surface area contributed by atoms with Crippen LogP contribution in [-0.2, 0) is 19.3 Å². The van der Waals surface area contributed by atoms with Crippen molar-refractivity contribution in [3.8, 4) is 5.75 Å². The Morgan fingerprint density at radius 3 is 1.72 bits per heavy atom. The molecule has 3 saturated heterocycles. The number of carbonyl (C=O) groups is 2. The van der Waals surface area contributed by atoms with Crippen LogP contribution in [0.2, 0.25) is 20.1 Å². The molecule has 2 amide bonds. The van der Waals surface area contributed by atoms with Gasteiger partial charge in [-0.25, -0.2) is 15.8 Å². The first-order valence-corrected chi connectivity index (χ1v) is 20.9. The average Bonchev–Trinajstić information content (AvgIpc) is 3.19. The molecule has 2 aromatic rings. The van der Waals surface area contributed by atoms with Crippen LogP contribution >= 0.6 is 46.4 Å². The number of likely N-dealkylation sites (tertiary alicyclic amines) is 3. The van der Waals surface area contributed by atoms with Gasteiger partial charge in [0.25, 0.3) is 0 Å². The highest BCUT2D eigenvalue weighted by molar-refractivity contribution is 6.43. The minimum absolute atomic E-state index is 0.0586. The van der Waals surface area contributed by atoms with Crippen LogP contribution in [0.4, 0.5) is 4.79 Å². The molecule has 58 heavy (non-hydrogen) atoms. The quantitative estimate of drug-likeness (QED) is 0.200. The summed E-state index contributed by atoms with van der Waals surface area (Å²) >= 11 is 24.4. The van der Waals surface area contributed by atoms with E-state index in [1.165, 1.54) is 52.3 Å². The third-order valence-electron chi connectivity index (χ3n) is 9.86. The summed E-state index contributed by atoms with van der Waals surface area (Å²) in [6, 6.07) is 7.31. The minimum Gasteiger partial charge on any atom is -0.495 e. The Labute approximate surface area is 366 Å². The Morgan fingerprint density at radius 2 is 1.26 bits per heavy atom. The number of ether oxygens (including phenoxy) is 1. The Bertz CT molecular complexity index is 1490. The van der Waals surface area contributed by atoms with Gasteiger partial charge < -0.3 is 40.2 Å². The molecule has 0 bridgehead atoms. The van der Waals surface area contributed by atoms with Gasteiger partial charge in [0.05, 0.1) is 55.6 Å². The predicted octanol–water partition coefficient (Wildman–Crippen LogP) is 7.07. The largest absolute Gasteiger partial charge is 0.495 e. The lowest BCUT2D eigenvalue weighted by Crippen LogP contribution is -2.50. The van der Waals surface area contributed by atoms with Crippen molar-refractivity contribution in [2.45, 2.75) is 83.5 Å². The smallest absolute Gasteiger partial charge is 0.342 e. The van der Waals surface area contributed by atoms with E-state index in [1.54, 1.807) is 19.2 Å². The van der Waals surface area contributed by atoms with Crippen molar-refractivity contribution in [1.29, 1.82) is 0 Å². The number of urea groups is 1. The van der Waals surface area contributed by atoms with Gasteiger partial charge in [0.15, 0.2) is 0 Å². The SMILES string of the molecule is CN1CCC(=O)CC1.CON.CONC1CCN(C)CC1.COc1ccc(C(C)NC(=O)N(OC)C2CCN(C)CC2)c(Cl)c1Cl.Cc1ccc(C(C)N)c(Cl)c1Cl. The second kappa shape index (κ2) is 29.3. The van der Waals surface area contributed by atoms with E-state index in [-0.39, 0.29) is 24.2 Å². The lowest BCUT2D eigenvalue weighted by molar-refractivity contribution is -0.127. The van der Waals surface area contributed by atoms with E-state index >= 15 is 0 Å². The van der Waals surface area contributed by atoms with Crippen LogP contribution in [0.1, 0.15) is 81.1 Å². The molecule has 5 rings (SSSR count). The first kappa shape index (κ1) is 54.0. The highest BCUT2D eigenvalue weighted by Gasteiger charge is 2.29. The van der Waals surface area contributed by atoms with Crippen molar-refractivity contribution < 1.29 is 28.8 Å². The maximum Gasteiger partial charge on any atom is 0.342 e. The van der Waals surface area contributed by atoms with Crippen LogP contribution in [0, 0.1) is 6.92 Å². The van der Waals surface area contributed by atoms with Crippen molar-refractivity contribution in [1.82, 2.24) is 30.6 Å². The molecule has 3 fully saturated rings. The van der Waals surface area contributed by atoms with Crippen LogP contribution in [-0.4, -0.2) is 133 Å². The van der Waals surface area contributed by atoms with Gasteiger partial charge in [0.2, 0.25) is 0 Å². The molecule has 0 aromatic heterocycles. The molecule has 0 spiro atoms. The van der Waals surface area contributed by atoms with Crippen molar-refractivity contribution in [3.05, 3.63) is 61.0 Å². The van der Waals surface area contributed by atoms with Gasteiger partial charge in [0, 0.05) is 38.0 Å². The highest BCUT2D eigenvalue weighted by atomic mass is 35.5. The van der Waals surface area contributed by atoms with E-state index in [9.17, 15) is 9.59 Å². The van der Waals surface area contributed by atoms with Gasteiger partial charge in [-0.05, 0) is 117 Å². The summed E-state index contributed by atoms with van der Waals surface area (Å²) in [5.41, 5.74) is 11.3. The normalized spacial score (nSPS) is 17.8. The standard InChI is InChI=1S/C17H25Cl2N3O3.C9H11Cl2N.C7H16N2O.C6H11NO.CH5NO/c1-11(13-5-6-14(24-3)16(19)15(13)18)20-17(23)22(25-4)12-7-9-21(2)10-8-12;1-5-3-4-7(6(2)12)9(11)8(5)10;1-9-5-3-7(4-6-9)8-10-2;1-7-4-2-6(8)3-5-7;1-3-2/h5-6,11-12H,7-10H2,1-4H3,(H,20,23);3-4,6H,12H2,1-2H3;7-8H,3-6H2,1-2H3;2-5H2,1H3;2H2,1H3. The number of hydrogen-bond donors (Lipinski definition) is 4. The van der Waals surface area contributed by atoms with Crippen LogP contribution in [0.3, 0.4) is 0 Å². The maximum atomic E-state index is 12.6. The summed E-state index contributed by atoms with van der Waals surface area (Å²) in [5.74, 6) is 5.27. The predicted molar refractivity (Wildman–Crippen MR) is 237 cm³/mol. The van der Waals surface area contributed by atoms with Crippen molar-refractivity contribution in [3.63, 3.8) is 0 Å². The van der Waals surface area contributed by atoms with E-state index in [1.807, 2.05) is 40.0 Å². The van der Waals surface area contributed by atoms with Gasteiger partial charge in [-0.3, -0.25) is 9.63 Å². The molecular formula is C40H68Cl4N8O6. The number of nitrogens with two attached hydrogens (primary N) is 2. The molecule has 2 aromatic carbocycles. The molecule has 3 aliphatic rings. The first-order valence-electron chi connectivity index (χ1n) is 19.4. The first-order chi connectivity index (χ1) is 27.4. The number of nitrogens with zero attached hydrogens (tertiary/aromatic N) is 4. The van der Waals surface area contributed by atoms with E-state index < -0.39 is 0 Å². The molecule has 2 atom stereocenters. The molecule has 3 heterocycles. The molecular weight excluding hydrogens is 830 g/mol. The number of aryl methyl sites for hydroxylation is 1. The number of Topliss-reactive ketones (excluding diaryl/α,β-unsaturated/α-hetero) is 1. The summed E-state index contributed by atoms with van der Waals surface area (Å²) < 4.78 is 5.15. The second-order valence-electron chi connectivity index (χ2n) is 14.6. The summed E-state index contributed by atoms with van der Waals surface area (Å²) in [5, 5.41) is 6.23. The number of hydroxylamine groups is 3. The van der Waals surface area contributed by atoms with Crippen molar-refractivity contribution >= 4 is 58.2 Å². The lowest BCUT2D eigenvalue weighted by atomic mass is 10.1.